The number of ether oxygens (including phenoxy) is 1. The fraction of sp³-hybridized carbons (Fsp3) is 0.538. The molecule has 1 aromatic rings. The maximum Gasteiger partial charge on any atom is 0.0556 e. The Morgan fingerprint density at radius 3 is 2.50 bits per heavy atom. The van der Waals surface area contributed by atoms with Gasteiger partial charge in [-0.1, -0.05) is 26.0 Å². The van der Waals surface area contributed by atoms with E-state index in [0.29, 0.717) is 6.04 Å². The summed E-state index contributed by atoms with van der Waals surface area (Å²) in [6.07, 6.45) is 0. The highest BCUT2D eigenvalue weighted by Crippen LogP contribution is 2.18. The van der Waals surface area contributed by atoms with Gasteiger partial charge in [0.15, 0.2) is 0 Å². The van der Waals surface area contributed by atoms with Gasteiger partial charge in [0, 0.05) is 30.3 Å². The second-order valence-electron chi connectivity index (χ2n) is 4.02. The summed E-state index contributed by atoms with van der Waals surface area (Å²) in [7, 11) is 1.74. The zero-order chi connectivity index (χ0) is 11.8. The summed E-state index contributed by atoms with van der Waals surface area (Å²) >= 11 is 1.83. The van der Waals surface area contributed by atoms with E-state index in [1.165, 1.54) is 10.5 Å². The minimum Gasteiger partial charge on any atom is -0.384 e. The van der Waals surface area contributed by atoms with Crippen LogP contribution in [0.4, 0.5) is 0 Å². The fourth-order valence-corrected chi connectivity index (χ4v) is 2.08. The first kappa shape index (κ1) is 13.6. The molecule has 1 rings (SSSR count). The van der Waals surface area contributed by atoms with Crippen molar-refractivity contribution in [1.29, 1.82) is 0 Å². The smallest absolute Gasteiger partial charge is 0.0556 e. The van der Waals surface area contributed by atoms with Crippen LogP contribution >= 0.6 is 11.8 Å². The Morgan fingerprint density at radius 1 is 1.25 bits per heavy atom. The van der Waals surface area contributed by atoms with Gasteiger partial charge in [0.25, 0.3) is 0 Å². The van der Waals surface area contributed by atoms with Gasteiger partial charge in [0.1, 0.15) is 0 Å². The fourth-order valence-electron chi connectivity index (χ4n) is 1.27. The molecule has 0 atom stereocenters. The first-order valence-corrected chi connectivity index (χ1v) is 6.65. The predicted octanol–water partition coefficient (Wildman–Crippen LogP) is 2.92. The summed E-state index contributed by atoms with van der Waals surface area (Å²) in [6, 6.07) is 9.26. The van der Waals surface area contributed by atoms with E-state index in [1.54, 1.807) is 7.11 Å². The maximum absolute atomic E-state index is 5.02. The van der Waals surface area contributed by atoms with Crippen molar-refractivity contribution in [2.75, 3.05) is 19.5 Å². The third kappa shape index (κ3) is 5.54. The highest BCUT2D eigenvalue weighted by Gasteiger charge is 1.97. The van der Waals surface area contributed by atoms with Gasteiger partial charge in [-0.15, -0.1) is 11.8 Å². The molecule has 1 N–H and O–H groups in total. The van der Waals surface area contributed by atoms with Gasteiger partial charge in [-0.25, -0.2) is 0 Å². The number of benzene rings is 1. The summed E-state index contributed by atoms with van der Waals surface area (Å²) in [4.78, 5) is 1.31. The molecule has 0 aromatic heterocycles. The Hall–Kier alpha value is -0.510. The van der Waals surface area contributed by atoms with E-state index in [0.717, 1.165) is 18.9 Å². The van der Waals surface area contributed by atoms with Crippen molar-refractivity contribution in [3.8, 4) is 0 Å². The Balaban J connectivity index is 2.35. The summed E-state index contributed by atoms with van der Waals surface area (Å²) in [5.41, 5.74) is 1.34. The SMILES string of the molecule is COCCSc1ccc(CNC(C)C)cc1. The van der Waals surface area contributed by atoms with Crippen molar-refractivity contribution in [3.05, 3.63) is 29.8 Å². The van der Waals surface area contributed by atoms with E-state index >= 15 is 0 Å². The molecule has 0 spiro atoms. The topological polar surface area (TPSA) is 21.3 Å². The van der Waals surface area contributed by atoms with E-state index < -0.39 is 0 Å². The van der Waals surface area contributed by atoms with Crippen molar-refractivity contribution in [2.45, 2.75) is 31.3 Å². The highest BCUT2D eigenvalue weighted by atomic mass is 32.2. The van der Waals surface area contributed by atoms with Crippen LogP contribution in [0.15, 0.2) is 29.2 Å². The molecule has 16 heavy (non-hydrogen) atoms. The molecule has 0 aliphatic heterocycles. The van der Waals surface area contributed by atoms with Crippen molar-refractivity contribution < 1.29 is 4.74 Å². The summed E-state index contributed by atoms with van der Waals surface area (Å²) in [5, 5.41) is 3.41. The average Bonchev–Trinajstić information content (AvgIpc) is 2.28. The lowest BCUT2D eigenvalue weighted by atomic mass is 10.2. The van der Waals surface area contributed by atoms with Crippen LogP contribution in [0.3, 0.4) is 0 Å². The third-order valence-electron chi connectivity index (χ3n) is 2.19. The number of hydrogen-bond acceptors (Lipinski definition) is 3. The van der Waals surface area contributed by atoms with Crippen LogP contribution in [0.5, 0.6) is 0 Å². The van der Waals surface area contributed by atoms with Gasteiger partial charge >= 0.3 is 0 Å². The Kier molecular flexibility index (Phi) is 6.53. The highest BCUT2D eigenvalue weighted by molar-refractivity contribution is 7.99. The molecule has 0 fully saturated rings. The molecule has 0 bridgehead atoms. The lowest BCUT2D eigenvalue weighted by Crippen LogP contribution is -2.21. The number of hydrogen-bond donors (Lipinski definition) is 1. The molecule has 0 amide bonds. The van der Waals surface area contributed by atoms with Crippen LogP contribution in [0, 0.1) is 0 Å². The van der Waals surface area contributed by atoms with Crippen molar-refractivity contribution in [3.63, 3.8) is 0 Å². The second-order valence-corrected chi connectivity index (χ2v) is 5.19. The molecule has 0 unspecified atom stereocenters. The molecular weight excluding hydrogens is 218 g/mol. The van der Waals surface area contributed by atoms with E-state index in [9.17, 15) is 0 Å². The molecule has 0 radical (unpaired) electrons. The van der Waals surface area contributed by atoms with E-state index in [2.05, 4.69) is 43.4 Å². The molecule has 0 aliphatic carbocycles. The third-order valence-corrected chi connectivity index (χ3v) is 3.17. The zero-order valence-corrected chi connectivity index (χ0v) is 11.1. The van der Waals surface area contributed by atoms with Crippen LogP contribution in [-0.4, -0.2) is 25.5 Å². The van der Waals surface area contributed by atoms with Crippen molar-refractivity contribution >= 4 is 11.8 Å². The molecule has 0 saturated heterocycles. The van der Waals surface area contributed by atoms with Crippen molar-refractivity contribution in [2.24, 2.45) is 0 Å². The number of nitrogens with one attached hydrogen (secondary N) is 1. The Morgan fingerprint density at radius 2 is 1.94 bits per heavy atom. The Labute approximate surface area is 103 Å². The molecular formula is C13H21NOS. The van der Waals surface area contributed by atoms with Gasteiger partial charge in [-0.05, 0) is 17.7 Å². The first-order chi connectivity index (χ1) is 7.72. The zero-order valence-electron chi connectivity index (χ0n) is 10.3. The molecule has 2 nitrogen and oxygen atoms in total. The minimum absolute atomic E-state index is 0.538. The largest absolute Gasteiger partial charge is 0.384 e. The van der Waals surface area contributed by atoms with Gasteiger partial charge in [0.2, 0.25) is 0 Å². The van der Waals surface area contributed by atoms with Crippen LogP contribution in [0.2, 0.25) is 0 Å². The minimum atomic E-state index is 0.538. The summed E-state index contributed by atoms with van der Waals surface area (Å²) in [5.74, 6) is 1.01. The molecule has 90 valence electrons. The average molecular weight is 239 g/mol. The predicted molar refractivity (Wildman–Crippen MR) is 71.0 cm³/mol. The van der Waals surface area contributed by atoms with Crippen LogP contribution in [0.1, 0.15) is 19.4 Å². The molecule has 3 heteroatoms. The number of methoxy groups -OCH3 is 1. The summed E-state index contributed by atoms with van der Waals surface area (Å²) in [6.45, 7) is 6.08. The van der Waals surface area contributed by atoms with Crippen molar-refractivity contribution in [1.82, 2.24) is 5.32 Å². The monoisotopic (exact) mass is 239 g/mol. The second kappa shape index (κ2) is 7.71. The quantitative estimate of drug-likeness (QED) is 0.584. The summed E-state index contributed by atoms with van der Waals surface area (Å²) < 4.78 is 5.02. The number of thioether (sulfide) groups is 1. The van der Waals surface area contributed by atoms with Gasteiger partial charge in [-0.3, -0.25) is 0 Å². The maximum atomic E-state index is 5.02. The molecule has 0 saturated carbocycles. The lowest BCUT2D eigenvalue weighted by molar-refractivity contribution is 0.218. The van der Waals surface area contributed by atoms with Gasteiger partial charge < -0.3 is 10.1 Å². The van der Waals surface area contributed by atoms with E-state index in [-0.39, 0.29) is 0 Å². The van der Waals surface area contributed by atoms with Gasteiger partial charge in [-0.2, -0.15) is 0 Å². The molecule has 0 heterocycles. The van der Waals surface area contributed by atoms with Crippen LogP contribution < -0.4 is 5.32 Å². The van der Waals surface area contributed by atoms with E-state index in [1.807, 2.05) is 11.8 Å². The van der Waals surface area contributed by atoms with E-state index in [4.69, 9.17) is 4.74 Å². The van der Waals surface area contributed by atoms with Crippen LogP contribution in [0.25, 0.3) is 0 Å². The normalized spacial score (nSPS) is 11.0. The number of rotatable bonds is 7. The molecule has 0 aliphatic rings. The molecule has 1 aromatic carbocycles. The van der Waals surface area contributed by atoms with Crippen LogP contribution in [-0.2, 0) is 11.3 Å². The van der Waals surface area contributed by atoms with Gasteiger partial charge in [0.05, 0.1) is 6.61 Å². The Bertz CT molecular complexity index is 284. The first-order valence-electron chi connectivity index (χ1n) is 5.66. The lowest BCUT2D eigenvalue weighted by Gasteiger charge is -2.08. The standard InChI is InChI=1S/C13H21NOS/c1-11(2)14-10-12-4-6-13(7-5-12)16-9-8-15-3/h4-7,11,14H,8-10H2,1-3H3.